The van der Waals surface area contributed by atoms with Gasteiger partial charge in [-0.1, -0.05) is 15.9 Å². The van der Waals surface area contributed by atoms with Crippen LogP contribution in [0.25, 0.3) is 0 Å². The summed E-state index contributed by atoms with van der Waals surface area (Å²) in [4.78, 5) is 14.5. The van der Waals surface area contributed by atoms with Gasteiger partial charge in [-0.25, -0.2) is 0 Å². The van der Waals surface area contributed by atoms with Gasteiger partial charge >= 0.3 is 0 Å². The van der Waals surface area contributed by atoms with Crippen molar-refractivity contribution in [1.29, 1.82) is 0 Å². The number of rotatable bonds is 3. The van der Waals surface area contributed by atoms with Crippen LogP contribution in [0.1, 0.15) is 6.92 Å². The van der Waals surface area contributed by atoms with Crippen molar-refractivity contribution in [2.24, 2.45) is 11.1 Å². The van der Waals surface area contributed by atoms with Crippen LogP contribution in [-0.2, 0) is 9.53 Å². The molecular formula is C14H20BrN3O2. The lowest BCUT2D eigenvalue weighted by atomic mass is 9.85. The average Bonchev–Trinajstić information content (AvgIpc) is 2.70. The number of nitrogens with one attached hydrogen (secondary N) is 1. The first kappa shape index (κ1) is 15.3. The van der Waals surface area contributed by atoms with Gasteiger partial charge in [0.25, 0.3) is 0 Å². The van der Waals surface area contributed by atoms with E-state index in [-0.39, 0.29) is 11.9 Å². The number of ether oxygens (including phenoxy) is 1. The molecule has 1 aromatic carbocycles. The number of nitrogens with zero attached hydrogens (tertiary/aromatic N) is 1. The van der Waals surface area contributed by atoms with E-state index in [4.69, 9.17) is 10.5 Å². The van der Waals surface area contributed by atoms with E-state index in [0.29, 0.717) is 13.2 Å². The van der Waals surface area contributed by atoms with Gasteiger partial charge in [0.2, 0.25) is 5.91 Å². The molecule has 0 saturated carbocycles. The van der Waals surface area contributed by atoms with E-state index in [1.165, 1.54) is 0 Å². The summed E-state index contributed by atoms with van der Waals surface area (Å²) in [5, 5.41) is 2.97. The summed E-state index contributed by atoms with van der Waals surface area (Å²) in [5.41, 5.74) is 7.00. The second kappa shape index (κ2) is 5.71. The number of nitrogens with two attached hydrogens (primary N) is 1. The summed E-state index contributed by atoms with van der Waals surface area (Å²) in [6.07, 6.45) is 0. The first-order valence-corrected chi connectivity index (χ1v) is 7.25. The van der Waals surface area contributed by atoms with Gasteiger partial charge in [-0.05, 0) is 25.1 Å². The monoisotopic (exact) mass is 341 g/mol. The highest BCUT2D eigenvalue weighted by atomic mass is 79.9. The van der Waals surface area contributed by atoms with E-state index in [1.807, 2.05) is 44.1 Å². The van der Waals surface area contributed by atoms with Crippen molar-refractivity contribution < 1.29 is 9.53 Å². The summed E-state index contributed by atoms with van der Waals surface area (Å²) in [7, 11) is 3.87. The van der Waals surface area contributed by atoms with E-state index >= 15 is 0 Å². The summed E-state index contributed by atoms with van der Waals surface area (Å²) in [6, 6.07) is 5.50. The molecule has 1 fully saturated rings. The molecule has 0 bridgehead atoms. The number of amides is 1. The number of anilines is 2. The molecule has 0 radical (unpaired) electrons. The molecule has 2 unspecified atom stereocenters. The summed E-state index contributed by atoms with van der Waals surface area (Å²) < 4.78 is 6.24. The number of benzene rings is 1. The van der Waals surface area contributed by atoms with Gasteiger partial charge in [0, 0.05) is 24.6 Å². The molecule has 0 spiro atoms. The second-order valence-electron chi connectivity index (χ2n) is 5.55. The minimum Gasteiger partial charge on any atom is -0.379 e. The minimum atomic E-state index is -0.689. The molecule has 110 valence electrons. The van der Waals surface area contributed by atoms with Gasteiger partial charge in [0.1, 0.15) is 0 Å². The third-order valence-electron chi connectivity index (χ3n) is 3.73. The second-order valence-corrected chi connectivity index (χ2v) is 6.46. The standard InChI is InChI=1S/C14H20BrN3O2/c1-14(8-20-7-12(14)16)13(19)17-10-6-9(15)4-5-11(10)18(2)3/h4-6,12H,7-8,16H2,1-3H3,(H,17,19). The predicted molar refractivity (Wildman–Crippen MR) is 84.0 cm³/mol. The normalized spacial score (nSPS) is 25.6. The quantitative estimate of drug-likeness (QED) is 0.879. The molecule has 2 rings (SSSR count). The van der Waals surface area contributed by atoms with Crippen LogP contribution < -0.4 is 16.0 Å². The number of hydrogen-bond acceptors (Lipinski definition) is 4. The molecule has 5 nitrogen and oxygen atoms in total. The van der Waals surface area contributed by atoms with Crippen LogP contribution in [0.3, 0.4) is 0 Å². The zero-order valence-electron chi connectivity index (χ0n) is 11.9. The number of halogens is 1. The number of hydrogen-bond donors (Lipinski definition) is 2. The Morgan fingerprint density at radius 1 is 1.55 bits per heavy atom. The maximum Gasteiger partial charge on any atom is 0.234 e. The fraction of sp³-hybridized carbons (Fsp3) is 0.500. The maximum absolute atomic E-state index is 12.5. The van der Waals surface area contributed by atoms with Gasteiger partial charge in [-0.2, -0.15) is 0 Å². The predicted octanol–water partition coefficient (Wildman–Crippen LogP) is 1.82. The molecule has 3 N–H and O–H groups in total. The average molecular weight is 342 g/mol. The van der Waals surface area contributed by atoms with Crippen molar-refractivity contribution in [3.63, 3.8) is 0 Å². The molecule has 1 aromatic rings. The third-order valence-corrected chi connectivity index (χ3v) is 4.22. The fourth-order valence-electron chi connectivity index (χ4n) is 2.19. The Balaban J connectivity index is 2.26. The van der Waals surface area contributed by atoms with Crippen LogP contribution in [0.5, 0.6) is 0 Å². The Morgan fingerprint density at radius 2 is 2.25 bits per heavy atom. The third kappa shape index (κ3) is 2.82. The molecule has 2 atom stereocenters. The first-order chi connectivity index (χ1) is 9.34. The summed E-state index contributed by atoms with van der Waals surface area (Å²) >= 11 is 3.42. The van der Waals surface area contributed by atoms with Crippen molar-refractivity contribution in [3.05, 3.63) is 22.7 Å². The van der Waals surface area contributed by atoms with Gasteiger partial charge in [-0.3, -0.25) is 4.79 Å². The van der Waals surface area contributed by atoms with Crippen LogP contribution in [-0.4, -0.2) is 39.3 Å². The molecule has 20 heavy (non-hydrogen) atoms. The lowest BCUT2D eigenvalue weighted by Gasteiger charge is -2.27. The summed E-state index contributed by atoms with van der Waals surface area (Å²) in [6.45, 7) is 2.61. The van der Waals surface area contributed by atoms with E-state index < -0.39 is 5.41 Å². The van der Waals surface area contributed by atoms with Crippen molar-refractivity contribution in [2.75, 3.05) is 37.5 Å². The van der Waals surface area contributed by atoms with Crippen molar-refractivity contribution in [2.45, 2.75) is 13.0 Å². The highest BCUT2D eigenvalue weighted by Gasteiger charge is 2.44. The Morgan fingerprint density at radius 3 is 2.80 bits per heavy atom. The van der Waals surface area contributed by atoms with E-state index in [0.717, 1.165) is 15.8 Å². The van der Waals surface area contributed by atoms with Gasteiger partial charge in [0.15, 0.2) is 0 Å². The smallest absolute Gasteiger partial charge is 0.234 e. The SMILES string of the molecule is CN(C)c1ccc(Br)cc1NC(=O)C1(C)COCC1N. The molecule has 1 heterocycles. The molecule has 1 amide bonds. The van der Waals surface area contributed by atoms with Crippen molar-refractivity contribution in [3.8, 4) is 0 Å². The molecule has 1 saturated heterocycles. The van der Waals surface area contributed by atoms with Gasteiger partial charge in [0.05, 0.1) is 30.0 Å². The van der Waals surface area contributed by atoms with Gasteiger partial charge < -0.3 is 20.7 Å². The van der Waals surface area contributed by atoms with E-state index in [9.17, 15) is 4.79 Å². The van der Waals surface area contributed by atoms with Crippen LogP contribution in [0.2, 0.25) is 0 Å². The fourth-order valence-corrected chi connectivity index (χ4v) is 2.55. The van der Waals surface area contributed by atoms with Crippen molar-refractivity contribution in [1.82, 2.24) is 0 Å². The molecule has 1 aliphatic heterocycles. The van der Waals surface area contributed by atoms with E-state index in [2.05, 4.69) is 21.2 Å². The zero-order valence-corrected chi connectivity index (χ0v) is 13.5. The molecule has 0 aromatic heterocycles. The molecule has 1 aliphatic rings. The molecule has 0 aliphatic carbocycles. The first-order valence-electron chi connectivity index (χ1n) is 6.46. The number of carbonyl (C=O) groups excluding carboxylic acids is 1. The van der Waals surface area contributed by atoms with Crippen LogP contribution >= 0.6 is 15.9 Å². The Kier molecular flexibility index (Phi) is 4.36. The maximum atomic E-state index is 12.5. The number of carbonyl (C=O) groups is 1. The Bertz CT molecular complexity index is 521. The summed E-state index contributed by atoms with van der Waals surface area (Å²) in [5.74, 6) is -0.108. The van der Waals surface area contributed by atoms with E-state index in [1.54, 1.807) is 0 Å². The largest absolute Gasteiger partial charge is 0.379 e. The molecular weight excluding hydrogens is 322 g/mol. The Hall–Kier alpha value is -1.11. The zero-order chi connectivity index (χ0) is 14.9. The topological polar surface area (TPSA) is 67.6 Å². The Labute approximate surface area is 127 Å². The van der Waals surface area contributed by atoms with Crippen LogP contribution in [0, 0.1) is 5.41 Å². The van der Waals surface area contributed by atoms with Gasteiger partial charge in [-0.15, -0.1) is 0 Å². The van der Waals surface area contributed by atoms with Crippen LogP contribution in [0.4, 0.5) is 11.4 Å². The molecule has 6 heteroatoms. The lowest BCUT2D eigenvalue weighted by molar-refractivity contribution is -0.125. The highest BCUT2D eigenvalue weighted by Crippen LogP contribution is 2.32. The highest BCUT2D eigenvalue weighted by molar-refractivity contribution is 9.10. The van der Waals surface area contributed by atoms with Crippen molar-refractivity contribution >= 4 is 33.2 Å². The lowest BCUT2D eigenvalue weighted by Crippen LogP contribution is -2.47. The van der Waals surface area contributed by atoms with Crippen LogP contribution in [0.15, 0.2) is 22.7 Å². The minimum absolute atomic E-state index is 0.108.